The quantitative estimate of drug-likeness (QED) is 0.503. The van der Waals surface area contributed by atoms with Gasteiger partial charge < -0.3 is 0 Å². The Labute approximate surface area is 85.5 Å². The van der Waals surface area contributed by atoms with Crippen LogP contribution in [0.2, 0.25) is 0 Å². The average molecular weight is 185 g/mol. The lowest BCUT2D eigenvalue weighted by atomic mass is 10.00. The summed E-state index contributed by atoms with van der Waals surface area (Å²) < 4.78 is 0. The number of hydrogen-bond acceptors (Lipinski definition) is 1. The summed E-state index contributed by atoms with van der Waals surface area (Å²) in [5.74, 6) is 0. The molecule has 0 unspecified atom stereocenters. The molecule has 0 heterocycles. The van der Waals surface area contributed by atoms with E-state index < -0.39 is 0 Å². The van der Waals surface area contributed by atoms with E-state index in [1.165, 1.54) is 11.1 Å². The first kappa shape index (κ1) is 10.5. The highest BCUT2D eigenvalue weighted by Gasteiger charge is 2.00. The monoisotopic (exact) mass is 185 g/mol. The second-order valence-electron chi connectivity index (χ2n) is 3.06. The summed E-state index contributed by atoms with van der Waals surface area (Å²) in [6.07, 6.45) is 3.87. The predicted molar refractivity (Wildman–Crippen MR) is 63.4 cm³/mol. The fraction of sp³-hybridized carbons (Fsp3) is 0.154. The van der Waals surface area contributed by atoms with Crippen molar-refractivity contribution in [3.05, 3.63) is 53.7 Å². The number of benzene rings is 1. The van der Waals surface area contributed by atoms with E-state index in [-0.39, 0.29) is 0 Å². The molecule has 0 aliphatic rings. The van der Waals surface area contributed by atoms with Crippen LogP contribution in [-0.2, 0) is 0 Å². The van der Waals surface area contributed by atoms with E-state index in [0.717, 1.165) is 5.57 Å². The maximum atomic E-state index is 3.78. The average Bonchev–Trinajstić information content (AvgIpc) is 2.21. The Hall–Kier alpha value is -1.63. The number of allylic oxidation sites excluding steroid dienone is 3. The number of nitrogens with zero attached hydrogens (tertiary/aromatic N) is 1. The first-order valence-corrected chi connectivity index (χ1v) is 4.64. The molecule has 1 nitrogen and oxygen atoms in total. The van der Waals surface area contributed by atoms with E-state index in [1.807, 2.05) is 32.0 Å². The molecule has 0 spiro atoms. The molecule has 0 aromatic heterocycles. The van der Waals surface area contributed by atoms with Gasteiger partial charge >= 0.3 is 0 Å². The Morgan fingerprint density at radius 2 is 1.93 bits per heavy atom. The van der Waals surface area contributed by atoms with Gasteiger partial charge in [-0.2, -0.15) is 0 Å². The molecular weight excluding hydrogens is 170 g/mol. The van der Waals surface area contributed by atoms with Gasteiger partial charge in [0.2, 0.25) is 0 Å². The molecule has 0 aliphatic carbocycles. The lowest BCUT2D eigenvalue weighted by Crippen LogP contribution is -1.85. The summed E-state index contributed by atoms with van der Waals surface area (Å²) in [6, 6.07) is 10.3. The van der Waals surface area contributed by atoms with Gasteiger partial charge in [0.05, 0.1) is 0 Å². The van der Waals surface area contributed by atoms with Crippen molar-refractivity contribution < 1.29 is 0 Å². The Morgan fingerprint density at radius 3 is 2.43 bits per heavy atom. The molecule has 0 radical (unpaired) electrons. The minimum absolute atomic E-state index is 1.13. The van der Waals surface area contributed by atoms with E-state index in [2.05, 4.69) is 29.9 Å². The molecule has 0 saturated heterocycles. The summed E-state index contributed by atoms with van der Waals surface area (Å²) in [7, 11) is 0. The third-order valence-corrected chi connectivity index (χ3v) is 2.08. The first-order valence-electron chi connectivity index (χ1n) is 4.64. The van der Waals surface area contributed by atoms with Crippen LogP contribution in [0.3, 0.4) is 0 Å². The van der Waals surface area contributed by atoms with E-state index in [9.17, 15) is 0 Å². The minimum Gasteiger partial charge on any atom is -0.272 e. The molecule has 1 rings (SSSR count). The van der Waals surface area contributed by atoms with Crippen LogP contribution >= 0.6 is 0 Å². The molecule has 1 heteroatoms. The molecule has 0 aliphatic heterocycles. The van der Waals surface area contributed by atoms with Crippen molar-refractivity contribution in [3.8, 4) is 0 Å². The fourth-order valence-corrected chi connectivity index (χ4v) is 1.45. The highest BCUT2D eigenvalue weighted by Crippen LogP contribution is 2.21. The SMILES string of the molecule is C=N/C=C(C)\C(=C/C)c1ccccc1. The fourth-order valence-electron chi connectivity index (χ4n) is 1.45. The van der Waals surface area contributed by atoms with Crippen LogP contribution in [0.5, 0.6) is 0 Å². The van der Waals surface area contributed by atoms with Gasteiger partial charge in [-0.3, -0.25) is 4.99 Å². The van der Waals surface area contributed by atoms with Crippen molar-refractivity contribution in [1.82, 2.24) is 0 Å². The Kier molecular flexibility index (Phi) is 3.86. The Bertz CT molecular complexity index is 358. The highest BCUT2D eigenvalue weighted by molar-refractivity contribution is 5.78. The van der Waals surface area contributed by atoms with Crippen LogP contribution in [0, 0.1) is 0 Å². The zero-order valence-corrected chi connectivity index (χ0v) is 8.70. The van der Waals surface area contributed by atoms with Crippen LogP contribution in [-0.4, -0.2) is 6.72 Å². The van der Waals surface area contributed by atoms with E-state index in [1.54, 1.807) is 6.20 Å². The number of hydrogen-bond donors (Lipinski definition) is 0. The van der Waals surface area contributed by atoms with Crippen molar-refractivity contribution in [3.63, 3.8) is 0 Å². The maximum absolute atomic E-state index is 3.78. The summed E-state index contributed by atoms with van der Waals surface area (Å²) in [5, 5.41) is 0. The number of rotatable bonds is 3. The molecule has 0 N–H and O–H groups in total. The Morgan fingerprint density at radius 1 is 1.29 bits per heavy atom. The van der Waals surface area contributed by atoms with E-state index in [0.29, 0.717) is 0 Å². The van der Waals surface area contributed by atoms with Crippen LogP contribution in [0.1, 0.15) is 19.4 Å². The molecule has 1 aromatic carbocycles. The van der Waals surface area contributed by atoms with Gasteiger partial charge in [-0.05, 0) is 37.3 Å². The normalized spacial score (nSPS) is 12.7. The first-order chi connectivity index (χ1) is 6.79. The van der Waals surface area contributed by atoms with Gasteiger partial charge in [-0.15, -0.1) is 0 Å². The molecule has 0 atom stereocenters. The van der Waals surface area contributed by atoms with Gasteiger partial charge in [0, 0.05) is 6.20 Å². The topological polar surface area (TPSA) is 12.4 Å². The van der Waals surface area contributed by atoms with Crippen LogP contribution in [0.15, 0.2) is 53.2 Å². The lowest BCUT2D eigenvalue weighted by Gasteiger charge is -2.06. The summed E-state index contributed by atoms with van der Waals surface area (Å²) >= 11 is 0. The summed E-state index contributed by atoms with van der Waals surface area (Å²) in [5.41, 5.74) is 3.55. The molecule has 72 valence electrons. The molecular formula is C13H15N. The van der Waals surface area contributed by atoms with Gasteiger partial charge in [0.1, 0.15) is 0 Å². The maximum Gasteiger partial charge on any atom is 0.0295 e. The Balaban J connectivity index is 3.07. The standard InChI is InChI=1S/C13H15N/c1-4-13(11(2)10-14-3)12-8-6-5-7-9-12/h4-10H,3H2,1-2H3/b11-10-,13-4+. The molecule has 1 aromatic rings. The minimum atomic E-state index is 1.13. The van der Waals surface area contributed by atoms with Crippen LogP contribution < -0.4 is 0 Å². The highest BCUT2D eigenvalue weighted by atomic mass is 14.6. The lowest BCUT2D eigenvalue weighted by molar-refractivity contribution is 1.42. The van der Waals surface area contributed by atoms with Crippen LogP contribution in [0.25, 0.3) is 5.57 Å². The predicted octanol–water partition coefficient (Wildman–Crippen LogP) is 3.69. The third kappa shape index (κ3) is 2.43. The molecule has 0 amide bonds. The summed E-state index contributed by atoms with van der Waals surface area (Å²) in [4.78, 5) is 3.78. The van der Waals surface area contributed by atoms with Gasteiger partial charge in [-0.25, -0.2) is 0 Å². The van der Waals surface area contributed by atoms with E-state index >= 15 is 0 Å². The molecule has 14 heavy (non-hydrogen) atoms. The molecule has 0 bridgehead atoms. The second-order valence-corrected chi connectivity index (χ2v) is 3.06. The second kappa shape index (κ2) is 5.18. The zero-order valence-electron chi connectivity index (χ0n) is 8.70. The van der Waals surface area contributed by atoms with Crippen molar-refractivity contribution in [1.29, 1.82) is 0 Å². The van der Waals surface area contributed by atoms with Crippen molar-refractivity contribution in [2.75, 3.05) is 0 Å². The molecule has 0 fully saturated rings. The van der Waals surface area contributed by atoms with Gasteiger partial charge in [0.15, 0.2) is 0 Å². The van der Waals surface area contributed by atoms with E-state index in [4.69, 9.17) is 0 Å². The smallest absolute Gasteiger partial charge is 0.0295 e. The summed E-state index contributed by atoms with van der Waals surface area (Å²) in [6.45, 7) is 7.53. The molecule has 0 saturated carbocycles. The van der Waals surface area contributed by atoms with Gasteiger partial charge in [0.25, 0.3) is 0 Å². The van der Waals surface area contributed by atoms with Crippen molar-refractivity contribution in [2.45, 2.75) is 13.8 Å². The van der Waals surface area contributed by atoms with Gasteiger partial charge in [-0.1, -0.05) is 36.4 Å². The van der Waals surface area contributed by atoms with Crippen LogP contribution in [0.4, 0.5) is 0 Å². The number of aliphatic imine (C=N–C) groups is 1. The largest absolute Gasteiger partial charge is 0.272 e. The third-order valence-electron chi connectivity index (χ3n) is 2.08. The van der Waals surface area contributed by atoms with Crippen molar-refractivity contribution >= 4 is 12.3 Å². The zero-order chi connectivity index (χ0) is 10.4. The van der Waals surface area contributed by atoms with Crippen molar-refractivity contribution in [2.24, 2.45) is 4.99 Å².